The number of fused-ring (bicyclic) bond motifs is 1. The first-order valence-electron chi connectivity index (χ1n) is 9.35. The molecule has 1 amide bonds. The van der Waals surface area contributed by atoms with Gasteiger partial charge in [0.05, 0.1) is 6.54 Å². The number of amides is 1. The number of aromatic nitrogens is 5. The molecule has 152 valence electrons. The quantitative estimate of drug-likeness (QED) is 0.527. The summed E-state index contributed by atoms with van der Waals surface area (Å²) in [6, 6.07) is 13.9. The molecule has 4 aromatic rings. The molecule has 0 aliphatic heterocycles. The summed E-state index contributed by atoms with van der Waals surface area (Å²) in [5, 5.41) is 10.6. The molecule has 0 saturated carbocycles. The van der Waals surface area contributed by atoms with Crippen molar-refractivity contribution in [2.24, 2.45) is 0 Å². The van der Waals surface area contributed by atoms with Crippen LogP contribution in [0.3, 0.4) is 0 Å². The smallest absolute Gasteiger partial charge is 0.283 e. The van der Waals surface area contributed by atoms with Gasteiger partial charge in [0.15, 0.2) is 11.2 Å². The van der Waals surface area contributed by atoms with Gasteiger partial charge in [-0.3, -0.25) is 14.2 Å². The Bertz CT molecular complexity index is 1260. The molecular weight excluding hydrogens is 387 g/mol. The van der Waals surface area contributed by atoms with Gasteiger partial charge in [-0.1, -0.05) is 47.2 Å². The summed E-state index contributed by atoms with van der Waals surface area (Å²) in [6.07, 6.45) is 1.29. The maximum Gasteiger partial charge on any atom is 0.283 e. The van der Waals surface area contributed by atoms with E-state index in [1.807, 2.05) is 31.2 Å². The largest absolute Gasteiger partial charge is 0.350 e. The van der Waals surface area contributed by atoms with Crippen LogP contribution in [0.5, 0.6) is 0 Å². The van der Waals surface area contributed by atoms with Crippen LogP contribution in [0.15, 0.2) is 59.7 Å². The lowest BCUT2D eigenvalue weighted by molar-refractivity contribution is -0.121. The van der Waals surface area contributed by atoms with Crippen LogP contribution in [-0.4, -0.2) is 30.5 Å². The minimum Gasteiger partial charge on any atom is -0.350 e. The average molecular weight is 406 g/mol. The minimum absolute atomic E-state index is 0.0558. The summed E-state index contributed by atoms with van der Waals surface area (Å²) in [4.78, 5) is 29.1. The molecule has 8 nitrogen and oxygen atoms in total. The van der Waals surface area contributed by atoms with Gasteiger partial charge in [-0.15, -0.1) is 5.10 Å². The van der Waals surface area contributed by atoms with Crippen LogP contribution in [0.25, 0.3) is 11.2 Å². The number of nitrogens with one attached hydrogen (secondary N) is 1. The maximum atomic E-state index is 13.4. The monoisotopic (exact) mass is 406 g/mol. The summed E-state index contributed by atoms with van der Waals surface area (Å²) in [7, 11) is 0. The van der Waals surface area contributed by atoms with Crippen molar-refractivity contribution in [2.75, 3.05) is 0 Å². The lowest BCUT2D eigenvalue weighted by atomic mass is 10.1. The van der Waals surface area contributed by atoms with Crippen molar-refractivity contribution in [2.45, 2.75) is 26.6 Å². The summed E-state index contributed by atoms with van der Waals surface area (Å²) in [6.45, 7) is 2.41. The van der Waals surface area contributed by atoms with Crippen LogP contribution < -0.4 is 10.9 Å². The summed E-state index contributed by atoms with van der Waals surface area (Å²) in [5.41, 5.74) is 2.65. The van der Waals surface area contributed by atoms with Gasteiger partial charge in [-0.05, 0) is 30.2 Å². The van der Waals surface area contributed by atoms with E-state index in [2.05, 4.69) is 20.6 Å². The first kappa shape index (κ1) is 19.4. The highest BCUT2D eigenvalue weighted by atomic mass is 19.1. The molecule has 0 saturated heterocycles. The molecule has 2 aromatic heterocycles. The number of hydrogen-bond donors (Lipinski definition) is 1. The molecule has 0 radical (unpaired) electrons. The van der Waals surface area contributed by atoms with Crippen LogP contribution >= 0.6 is 0 Å². The maximum absolute atomic E-state index is 13.4. The second-order valence-corrected chi connectivity index (χ2v) is 6.99. The lowest BCUT2D eigenvalue weighted by Crippen LogP contribution is -2.32. The molecule has 30 heavy (non-hydrogen) atoms. The van der Waals surface area contributed by atoms with Crippen LogP contribution in [-0.2, 0) is 24.4 Å². The lowest BCUT2D eigenvalue weighted by Gasteiger charge is -2.08. The SMILES string of the molecule is Cc1ccc(CNC(=O)Cn2cnc3c(nnn3Cc3cccc(F)c3)c2=O)cc1. The van der Waals surface area contributed by atoms with Crippen molar-refractivity contribution in [1.82, 2.24) is 29.9 Å². The zero-order valence-corrected chi connectivity index (χ0v) is 16.2. The van der Waals surface area contributed by atoms with Crippen molar-refractivity contribution in [3.63, 3.8) is 0 Å². The summed E-state index contributed by atoms with van der Waals surface area (Å²) >= 11 is 0. The third-order valence-electron chi connectivity index (χ3n) is 4.64. The average Bonchev–Trinajstić information content (AvgIpc) is 3.13. The molecule has 0 fully saturated rings. The highest BCUT2D eigenvalue weighted by Crippen LogP contribution is 2.09. The number of aryl methyl sites for hydroxylation is 1. The molecular formula is C21H19FN6O2. The van der Waals surface area contributed by atoms with E-state index < -0.39 is 5.56 Å². The zero-order chi connectivity index (χ0) is 21.1. The second kappa shape index (κ2) is 8.24. The van der Waals surface area contributed by atoms with Gasteiger partial charge in [0.1, 0.15) is 18.7 Å². The fourth-order valence-corrected chi connectivity index (χ4v) is 3.03. The molecule has 2 heterocycles. The fourth-order valence-electron chi connectivity index (χ4n) is 3.03. The predicted octanol–water partition coefficient (Wildman–Crippen LogP) is 1.80. The van der Waals surface area contributed by atoms with Gasteiger partial charge in [0.2, 0.25) is 5.91 Å². The number of nitrogens with zero attached hydrogens (tertiary/aromatic N) is 5. The Morgan fingerprint density at radius 3 is 2.70 bits per heavy atom. The zero-order valence-electron chi connectivity index (χ0n) is 16.2. The van der Waals surface area contributed by atoms with E-state index in [-0.39, 0.29) is 36.0 Å². The minimum atomic E-state index is -0.462. The Morgan fingerprint density at radius 2 is 1.93 bits per heavy atom. The van der Waals surface area contributed by atoms with Crippen molar-refractivity contribution < 1.29 is 9.18 Å². The van der Waals surface area contributed by atoms with Crippen molar-refractivity contribution >= 4 is 17.1 Å². The van der Waals surface area contributed by atoms with E-state index >= 15 is 0 Å². The standard InChI is InChI=1S/C21H19FN6O2/c1-14-5-7-15(8-6-14)10-23-18(29)12-27-13-24-20-19(21(27)30)25-26-28(20)11-16-3-2-4-17(22)9-16/h2-9,13H,10-12H2,1H3,(H,23,29). The highest BCUT2D eigenvalue weighted by molar-refractivity contribution is 5.76. The van der Waals surface area contributed by atoms with Gasteiger partial charge in [0, 0.05) is 6.54 Å². The molecule has 4 rings (SSSR count). The van der Waals surface area contributed by atoms with Gasteiger partial charge in [-0.2, -0.15) is 0 Å². The Morgan fingerprint density at radius 1 is 1.13 bits per heavy atom. The van der Waals surface area contributed by atoms with E-state index in [4.69, 9.17) is 0 Å². The van der Waals surface area contributed by atoms with Crippen LogP contribution in [0, 0.1) is 12.7 Å². The molecule has 0 atom stereocenters. The summed E-state index contributed by atoms with van der Waals surface area (Å²) in [5.74, 6) is -0.671. The molecule has 0 spiro atoms. The Hall–Kier alpha value is -3.88. The number of benzene rings is 2. The predicted molar refractivity (Wildman–Crippen MR) is 108 cm³/mol. The normalized spacial score (nSPS) is 11.0. The topological polar surface area (TPSA) is 94.7 Å². The Kier molecular flexibility index (Phi) is 5.34. The third-order valence-corrected chi connectivity index (χ3v) is 4.64. The van der Waals surface area contributed by atoms with Crippen LogP contribution in [0.1, 0.15) is 16.7 Å². The number of hydrogen-bond acceptors (Lipinski definition) is 5. The van der Waals surface area contributed by atoms with Gasteiger partial charge >= 0.3 is 0 Å². The van der Waals surface area contributed by atoms with E-state index in [0.29, 0.717) is 12.1 Å². The van der Waals surface area contributed by atoms with E-state index in [1.54, 1.807) is 12.1 Å². The Labute approximate surface area is 171 Å². The van der Waals surface area contributed by atoms with E-state index in [0.717, 1.165) is 11.1 Å². The number of rotatable bonds is 6. The number of halogens is 1. The molecule has 0 bridgehead atoms. The Balaban J connectivity index is 1.47. The van der Waals surface area contributed by atoms with Crippen molar-refractivity contribution in [3.8, 4) is 0 Å². The molecule has 9 heteroatoms. The van der Waals surface area contributed by atoms with Crippen LogP contribution in [0.2, 0.25) is 0 Å². The first-order chi connectivity index (χ1) is 14.5. The molecule has 0 unspecified atom stereocenters. The van der Waals surface area contributed by atoms with Crippen molar-refractivity contribution in [1.29, 1.82) is 0 Å². The van der Waals surface area contributed by atoms with Crippen LogP contribution in [0.4, 0.5) is 4.39 Å². The van der Waals surface area contributed by atoms with Gasteiger partial charge < -0.3 is 5.32 Å². The molecule has 0 aliphatic carbocycles. The molecule has 1 N–H and O–H groups in total. The number of carbonyl (C=O) groups excluding carboxylic acids is 1. The fraction of sp³-hybridized carbons (Fsp3) is 0.190. The van der Waals surface area contributed by atoms with Gasteiger partial charge in [-0.25, -0.2) is 14.1 Å². The number of carbonyl (C=O) groups is 1. The molecule has 0 aliphatic rings. The van der Waals surface area contributed by atoms with Gasteiger partial charge in [0.25, 0.3) is 5.56 Å². The van der Waals surface area contributed by atoms with E-state index in [1.165, 1.54) is 27.7 Å². The van der Waals surface area contributed by atoms with Crippen molar-refractivity contribution in [3.05, 3.63) is 87.7 Å². The highest BCUT2D eigenvalue weighted by Gasteiger charge is 2.14. The summed E-state index contributed by atoms with van der Waals surface area (Å²) < 4.78 is 16.0. The van der Waals surface area contributed by atoms with E-state index in [9.17, 15) is 14.0 Å². The first-order valence-corrected chi connectivity index (χ1v) is 9.35. The second-order valence-electron chi connectivity index (χ2n) is 6.99. The third kappa shape index (κ3) is 4.24. The molecule has 2 aromatic carbocycles.